The van der Waals surface area contributed by atoms with Crippen LogP contribution in [-0.4, -0.2) is 14.1 Å². The summed E-state index contributed by atoms with van der Waals surface area (Å²) >= 11 is 6.23. The zero-order valence-electron chi connectivity index (χ0n) is 9.20. The number of nitrogens with two attached hydrogens (primary N) is 1. The molecule has 0 spiro atoms. The Morgan fingerprint density at radius 2 is 2.07 bits per heavy atom. The van der Waals surface area contributed by atoms with Gasteiger partial charge in [0.15, 0.2) is 0 Å². The molecule has 0 bridgehead atoms. The summed E-state index contributed by atoms with van der Waals surface area (Å²) in [6, 6.07) is 6.23. The number of anilines is 1. The second-order valence-electron chi connectivity index (χ2n) is 4.46. The van der Waals surface area contributed by atoms with Crippen molar-refractivity contribution in [3.05, 3.63) is 28.8 Å². The van der Waals surface area contributed by atoms with E-state index < -0.39 is 0 Å². The molecule has 1 aliphatic rings. The predicted octanol–water partition coefficient (Wildman–Crippen LogP) is 2.82. The largest absolute Gasteiger partial charge is 0.378 e. The Hall–Kier alpha value is -0.730. The molecule has 0 saturated heterocycles. The van der Waals surface area contributed by atoms with Gasteiger partial charge in [0.25, 0.3) is 0 Å². The van der Waals surface area contributed by atoms with Crippen LogP contribution in [0.3, 0.4) is 0 Å². The molecule has 0 aromatic heterocycles. The fourth-order valence-electron chi connectivity index (χ4n) is 1.77. The van der Waals surface area contributed by atoms with E-state index in [0.717, 1.165) is 16.3 Å². The minimum atomic E-state index is 0.119. The van der Waals surface area contributed by atoms with Crippen molar-refractivity contribution in [3.8, 4) is 0 Å². The smallest absolute Gasteiger partial charge is 0.0474 e. The van der Waals surface area contributed by atoms with Gasteiger partial charge < -0.3 is 10.6 Å². The first-order chi connectivity index (χ1) is 7.09. The maximum Gasteiger partial charge on any atom is 0.0474 e. The maximum atomic E-state index is 6.23. The Labute approximate surface area is 96.0 Å². The van der Waals surface area contributed by atoms with Crippen molar-refractivity contribution >= 4 is 17.3 Å². The van der Waals surface area contributed by atoms with Crippen molar-refractivity contribution in [2.75, 3.05) is 19.0 Å². The van der Waals surface area contributed by atoms with E-state index in [1.54, 1.807) is 0 Å². The quantitative estimate of drug-likeness (QED) is 0.856. The molecule has 1 atom stereocenters. The van der Waals surface area contributed by atoms with Crippen molar-refractivity contribution in [1.29, 1.82) is 0 Å². The molecule has 0 heterocycles. The van der Waals surface area contributed by atoms with Crippen molar-refractivity contribution in [2.24, 2.45) is 11.7 Å². The average Bonchev–Trinajstić information content (AvgIpc) is 2.99. The molecule has 0 aliphatic heterocycles. The molecule has 1 saturated carbocycles. The molecule has 0 amide bonds. The van der Waals surface area contributed by atoms with E-state index in [9.17, 15) is 0 Å². The van der Waals surface area contributed by atoms with Crippen LogP contribution in [0.4, 0.5) is 5.69 Å². The number of benzene rings is 1. The lowest BCUT2D eigenvalue weighted by Crippen LogP contribution is -2.14. The highest BCUT2D eigenvalue weighted by molar-refractivity contribution is 6.31. The van der Waals surface area contributed by atoms with Gasteiger partial charge in [-0.25, -0.2) is 0 Å². The Bertz CT molecular complexity index is 359. The highest BCUT2D eigenvalue weighted by Crippen LogP contribution is 2.41. The van der Waals surface area contributed by atoms with E-state index in [1.165, 1.54) is 12.8 Å². The number of hydrogen-bond acceptors (Lipinski definition) is 2. The van der Waals surface area contributed by atoms with Gasteiger partial charge in [-0.15, -0.1) is 0 Å². The second-order valence-corrected chi connectivity index (χ2v) is 4.87. The summed E-state index contributed by atoms with van der Waals surface area (Å²) in [5.74, 6) is 0.646. The molecule has 2 N–H and O–H groups in total. The predicted molar refractivity (Wildman–Crippen MR) is 65.4 cm³/mol. The van der Waals surface area contributed by atoms with Gasteiger partial charge in [0.1, 0.15) is 0 Å². The van der Waals surface area contributed by atoms with E-state index in [2.05, 4.69) is 12.1 Å². The molecule has 2 rings (SSSR count). The molecule has 15 heavy (non-hydrogen) atoms. The van der Waals surface area contributed by atoms with E-state index in [0.29, 0.717) is 5.92 Å². The summed E-state index contributed by atoms with van der Waals surface area (Å²) in [7, 11) is 4.01. The topological polar surface area (TPSA) is 29.3 Å². The molecule has 0 unspecified atom stereocenters. The lowest BCUT2D eigenvalue weighted by atomic mass is 10.0. The fourth-order valence-corrected chi connectivity index (χ4v) is 2.07. The summed E-state index contributed by atoms with van der Waals surface area (Å²) in [4.78, 5) is 2.04. The number of halogens is 1. The lowest BCUT2D eigenvalue weighted by molar-refractivity contribution is 0.634. The van der Waals surface area contributed by atoms with Crippen molar-refractivity contribution in [3.63, 3.8) is 0 Å². The van der Waals surface area contributed by atoms with E-state index in [1.807, 2.05) is 25.1 Å². The molecule has 2 nitrogen and oxygen atoms in total. The average molecular weight is 225 g/mol. The molecule has 1 aliphatic carbocycles. The van der Waals surface area contributed by atoms with E-state index >= 15 is 0 Å². The summed E-state index contributed by atoms with van der Waals surface area (Å²) in [5.41, 5.74) is 8.33. The van der Waals surface area contributed by atoms with Gasteiger partial charge in [0.05, 0.1) is 0 Å². The molecule has 1 aromatic carbocycles. The molecule has 0 radical (unpaired) electrons. The van der Waals surface area contributed by atoms with Crippen molar-refractivity contribution in [1.82, 2.24) is 0 Å². The van der Waals surface area contributed by atoms with Crippen LogP contribution in [0, 0.1) is 5.92 Å². The monoisotopic (exact) mass is 224 g/mol. The van der Waals surface area contributed by atoms with Crippen LogP contribution >= 0.6 is 11.6 Å². The molecule has 1 fully saturated rings. The Morgan fingerprint density at radius 3 is 2.53 bits per heavy atom. The van der Waals surface area contributed by atoms with Crippen LogP contribution < -0.4 is 10.6 Å². The van der Waals surface area contributed by atoms with Gasteiger partial charge in [-0.05, 0) is 36.5 Å². The minimum absolute atomic E-state index is 0.119. The SMILES string of the molecule is CN(C)c1ccc([C@@H](N)C2CC2)c(Cl)c1. The third-order valence-corrected chi connectivity index (χ3v) is 3.32. The first-order valence-corrected chi connectivity index (χ1v) is 5.69. The van der Waals surface area contributed by atoms with Crippen molar-refractivity contribution in [2.45, 2.75) is 18.9 Å². The third kappa shape index (κ3) is 2.27. The van der Waals surface area contributed by atoms with Crippen LogP contribution in [0.25, 0.3) is 0 Å². The summed E-state index contributed by atoms with van der Waals surface area (Å²) in [6.07, 6.45) is 2.49. The molecular formula is C12H17ClN2. The highest BCUT2D eigenvalue weighted by atomic mass is 35.5. The summed E-state index contributed by atoms with van der Waals surface area (Å²) in [5, 5.41) is 0.792. The Morgan fingerprint density at radius 1 is 1.40 bits per heavy atom. The normalized spacial score (nSPS) is 17.6. The lowest BCUT2D eigenvalue weighted by Gasteiger charge is -2.17. The van der Waals surface area contributed by atoms with Crippen LogP contribution in [0.2, 0.25) is 5.02 Å². The first kappa shape index (κ1) is 10.8. The van der Waals surface area contributed by atoms with Gasteiger partial charge in [0, 0.05) is 30.8 Å². The molecule has 1 aromatic rings. The van der Waals surface area contributed by atoms with Gasteiger partial charge in [-0.1, -0.05) is 17.7 Å². The number of hydrogen-bond donors (Lipinski definition) is 1. The number of nitrogens with zero attached hydrogens (tertiary/aromatic N) is 1. The Kier molecular flexibility index (Phi) is 2.89. The van der Waals surface area contributed by atoms with Crippen LogP contribution in [-0.2, 0) is 0 Å². The molecule has 82 valence electrons. The summed E-state index contributed by atoms with van der Waals surface area (Å²) in [6.45, 7) is 0. The van der Waals surface area contributed by atoms with Gasteiger partial charge >= 0.3 is 0 Å². The highest BCUT2D eigenvalue weighted by Gasteiger charge is 2.30. The van der Waals surface area contributed by atoms with Crippen molar-refractivity contribution < 1.29 is 0 Å². The summed E-state index contributed by atoms with van der Waals surface area (Å²) < 4.78 is 0. The number of rotatable bonds is 3. The standard InChI is InChI=1S/C12H17ClN2/c1-15(2)9-5-6-10(11(13)7-9)12(14)8-3-4-8/h5-8,12H,3-4,14H2,1-2H3/t12-/m0/s1. The van der Waals surface area contributed by atoms with Gasteiger partial charge in [0.2, 0.25) is 0 Å². The van der Waals surface area contributed by atoms with Gasteiger partial charge in [-0.3, -0.25) is 0 Å². The second kappa shape index (κ2) is 4.03. The van der Waals surface area contributed by atoms with Crippen LogP contribution in [0.1, 0.15) is 24.4 Å². The minimum Gasteiger partial charge on any atom is -0.378 e. The van der Waals surface area contributed by atoms with Crippen LogP contribution in [0.5, 0.6) is 0 Å². The first-order valence-electron chi connectivity index (χ1n) is 5.32. The third-order valence-electron chi connectivity index (χ3n) is 2.99. The van der Waals surface area contributed by atoms with E-state index in [-0.39, 0.29) is 6.04 Å². The van der Waals surface area contributed by atoms with Gasteiger partial charge in [-0.2, -0.15) is 0 Å². The Balaban J connectivity index is 2.25. The molecular weight excluding hydrogens is 208 g/mol. The maximum absolute atomic E-state index is 6.23. The zero-order valence-corrected chi connectivity index (χ0v) is 9.96. The van der Waals surface area contributed by atoms with Crippen LogP contribution in [0.15, 0.2) is 18.2 Å². The molecule has 3 heteroatoms. The van der Waals surface area contributed by atoms with E-state index in [4.69, 9.17) is 17.3 Å². The fraction of sp³-hybridized carbons (Fsp3) is 0.500. The zero-order chi connectivity index (χ0) is 11.0.